The number of fused-ring (bicyclic) bond motifs is 2. The first-order chi connectivity index (χ1) is 25.9. The molecule has 12 nitrogen and oxygen atoms in total. The maximum atomic E-state index is 14.4. The lowest BCUT2D eigenvalue weighted by Gasteiger charge is -2.39. The number of hydrogen-bond acceptors (Lipinski definition) is 10. The Morgan fingerprint density at radius 3 is 1.87 bits per heavy atom. The van der Waals surface area contributed by atoms with E-state index >= 15 is 0 Å². The number of aromatic nitrogens is 2. The Hall–Kier alpha value is -5.70. The number of nitrogens with zero attached hydrogens (tertiary/aromatic N) is 5. The summed E-state index contributed by atoms with van der Waals surface area (Å²) < 4.78 is 61.7. The smallest absolute Gasteiger partial charge is 0.357 e. The van der Waals surface area contributed by atoms with Crippen molar-refractivity contribution in [3.8, 4) is 5.75 Å². The van der Waals surface area contributed by atoms with E-state index in [1.54, 1.807) is 83.8 Å². The van der Waals surface area contributed by atoms with Crippen LogP contribution in [0.4, 0.5) is 5.69 Å². The van der Waals surface area contributed by atoms with Gasteiger partial charge in [-0.15, -0.1) is 0 Å². The molecule has 0 saturated carbocycles. The summed E-state index contributed by atoms with van der Waals surface area (Å²) in [5.74, 6) is -0.367. The van der Waals surface area contributed by atoms with Crippen LogP contribution in [0.15, 0.2) is 132 Å². The summed E-state index contributed by atoms with van der Waals surface area (Å²) in [4.78, 5) is 38.3. The fraction of sp³-hybridized carbons (Fsp3) is 0.200. The highest BCUT2D eigenvalue weighted by atomic mass is 32.2. The number of rotatable bonds is 11. The molecule has 3 heterocycles. The SMILES string of the molecule is CC(=O)c1ccc(N2CCN(C(=O)[C@H](Cc3ccc(OS(=O)(=O)c4nccc5ccccc45)cc3)N(C)S(=O)(=O)c3nccc4ccccc34)CC2)cc1. The zero-order valence-electron chi connectivity index (χ0n) is 29.6. The van der Waals surface area contributed by atoms with E-state index in [2.05, 4.69) is 14.9 Å². The van der Waals surface area contributed by atoms with E-state index in [1.807, 2.05) is 18.2 Å². The van der Waals surface area contributed by atoms with Crippen LogP contribution in [0.2, 0.25) is 0 Å². The Morgan fingerprint density at radius 2 is 1.28 bits per heavy atom. The minimum absolute atomic E-state index is 0.00996. The number of likely N-dealkylation sites (N-methyl/N-ethyl adjacent to an activating group) is 1. The molecule has 14 heteroatoms. The number of Topliss-reactive ketones (excluding diaryl/α,β-unsaturated/α-hetero) is 1. The van der Waals surface area contributed by atoms with E-state index < -0.39 is 26.2 Å². The van der Waals surface area contributed by atoms with Gasteiger partial charge in [0, 0.05) is 67.6 Å². The number of carbonyl (C=O) groups is 2. The van der Waals surface area contributed by atoms with Crippen molar-refractivity contribution in [1.29, 1.82) is 0 Å². The van der Waals surface area contributed by atoms with Gasteiger partial charge in [0.25, 0.3) is 10.0 Å². The highest BCUT2D eigenvalue weighted by Crippen LogP contribution is 2.28. The highest BCUT2D eigenvalue weighted by molar-refractivity contribution is 7.89. The van der Waals surface area contributed by atoms with E-state index in [0.29, 0.717) is 58.9 Å². The van der Waals surface area contributed by atoms with E-state index in [4.69, 9.17) is 4.18 Å². The summed E-state index contributed by atoms with van der Waals surface area (Å²) in [6, 6.07) is 29.7. The van der Waals surface area contributed by atoms with Gasteiger partial charge in [-0.1, -0.05) is 60.7 Å². The van der Waals surface area contributed by atoms with Crippen LogP contribution in [-0.4, -0.2) is 87.0 Å². The number of ketones is 1. The third-order valence-corrected chi connectivity index (χ3v) is 12.7. The lowest BCUT2D eigenvalue weighted by molar-refractivity contribution is -0.135. The fourth-order valence-electron chi connectivity index (χ4n) is 6.64. The molecule has 6 aromatic rings. The zero-order chi connectivity index (χ0) is 38.0. The molecule has 1 saturated heterocycles. The van der Waals surface area contributed by atoms with Gasteiger partial charge in [0.2, 0.25) is 10.9 Å². The molecule has 1 aliphatic rings. The topological polar surface area (TPSA) is 147 Å². The predicted octanol–water partition coefficient (Wildman–Crippen LogP) is 5.33. The lowest BCUT2D eigenvalue weighted by Crippen LogP contribution is -2.56. The van der Waals surface area contributed by atoms with E-state index in [0.717, 1.165) is 9.99 Å². The van der Waals surface area contributed by atoms with Crippen molar-refractivity contribution in [1.82, 2.24) is 19.2 Å². The Labute approximate surface area is 313 Å². The minimum atomic E-state index is -4.30. The van der Waals surface area contributed by atoms with Gasteiger partial charge in [-0.2, -0.15) is 12.7 Å². The largest absolute Gasteiger partial charge is 0.378 e. The fourth-order valence-corrected chi connectivity index (χ4v) is 9.16. The maximum Gasteiger partial charge on any atom is 0.357 e. The minimum Gasteiger partial charge on any atom is -0.378 e. The van der Waals surface area contributed by atoms with Crippen LogP contribution in [0.3, 0.4) is 0 Å². The first-order valence-corrected chi connectivity index (χ1v) is 20.1. The molecule has 1 atom stereocenters. The van der Waals surface area contributed by atoms with Gasteiger partial charge in [-0.05, 0) is 78.2 Å². The lowest BCUT2D eigenvalue weighted by atomic mass is 10.0. The summed E-state index contributed by atoms with van der Waals surface area (Å²) >= 11 is 0. The van der Waals surface area contributed by atoms with Crippen molar-refractivity contribution in [3.05, 3.63) is 133 Å². The van der Waals surface area contributed by atoms with Gasteiger partial charge >= 0.3 is 10.1 Å². The first-order valence-electron chi connectivity index (χ1n) is 17.3. The quantitative estimate of drug-likeness (QED) is 0.125. The molecule has 1 fully saturated rings. The Balaban J connectivity index is 1.14. The second-order valence-electron chi connectivity index (χ2n) is 13.0. The van der Waals surface area contributed by atoms with Crippen LogP contribution in [0.1, 0.15) is 22.8 Å². The van der Waals surface area contributed by atoms with Gasteiger partial charge in [-0.25, -0.2) is 18.4 Å². The van der Waals surface area contributed by atoms with Crippen LogP contribution in [-0.2, 0) is 31.4 Å². The molecule has 54 heavy (non-hydrogen) atoms. The number of anilines is 1. The second kappa shape index (κ2) is 15.0. The molecule has 4 aromatic carbocycles. The molecule has 0 N–H and O–H groups in total. The molecule has 0 bridgehead atoms. The molecule has 0 unspecified atom stereocenters. The zero-order valence-corrected chi connectivity index (χ0v) is 31.2. The van der Waals surface area contributed by atoms with Crippen molar-refractivity contribution in [3.63, 3.8) is 0 Å². The Bertz CT molecular complexity index is 2560. The number of benzene rings is 4. The van der Waals surface area contributed by atoms with Gasteiger partial charge in [0.1, 0.15) is 11.8 Å². The summed E-state index contributed by atoms with van der Waals surface area (Å²) in [6.07, 6.45) is 2.83. The summed E-state index contributed by atoms with van der Waals surface area (Å²) in [5.41, 5.74) is 2.12. The number of amides is 1. The van der Waals surface area contributed by atoms with Crippen LogP contribution in [0, 0.1) is 0 Å². The van der Waals surface area contributed by atoms with Gasteiger partial charge in [-0.3, -0.25) is 9.59 Å². The number of pyridine rings is 2. The van der Waals surface area contributed by atoms with Gasteiger partial charge in [0.15, 0.2) is 10.8 Å². The normalized spacial score (nSPS) is 14.4. The summed E-state index contributed by atoms with van der Waals surface area (Å²) in [6.45, 7) is 3.21. The second-order valence-corrected chi connectivity index (χ2v) is 16.4. The van der Waals surface area contributed by atoms with E-state index in [1.165, 1.54) is 38.5 Å². The van der Waals surface area contributed by atoms with Crippen LogP contribution in [0.5, 0.6) is 5.75 Å². The number of hydrogen-bond donors (Lipinski definition) is 0. The number of carbonyl (C=O) groups excluding carboxylic acids is 2. The highest BCUT2D eigenvalue weighted by Gasteiger charge is 2.38. The molecular weight excluding hydrogens is 727 g/mol. The Kier molecular flexibility index (Phi) is 10.2. The molecule has 1 aliphatic heterocycles. The Morgan fingerprint density at radius 1 is 0.722 bits per heavy atom. The van der Waals surface area contributed by atoms with Crippen molar-refractivity contribution in [2.45, 2.75) is 29.4 Å². The first kappa shape index (κ1) is 36.6. The molecule has 2 aromatic heterocycles. The van der Waals surface area contributed by atoms with Gasteiger partial charge in [0.05, 0.1) is 0 Å². The predicted molar refractivity (Wildman–Crippen MR) is 205 cm³/mol. The third kappa shape index (κ3) is 7.40. The molecular formula is C40H37N5O7S2. The molecule has 7 rings (SSSR count). The average Bonchev–Trinajstić information content (AvgIpc) is 3.19. The molecule has 0 radical (unpaired) electrons. The van der Waals surface area contributed by atoms with Crippen molar-refractivity contribution >= 4 is 59.1 Å². The van der Waals surface area contributed by atoms with Crippen molar-refractivity contribution < 1.29 is 30.6 Å². The van der Waals surface area contributed by atoms with Crippen molar-refractivity contribution in [2.75, 3.05) is 38.1 Å². The maximum absolute atomic E-state index is 14.4. The summed E-state index contributed by atoms with van der Waals surface area (Å²) in [7, 11) is -7.21. The number of piperazine rings is 1. The third-order valence-electron chi connectivity index (χ3n) is 9.65. The monoisotopic (exact) mass is 763 g/mol. The van der Waals surface area contributed by atoms with E-state index in [-0.39, 0.29) is 33.9 Å². The number of sulfonamides is 1. The average molecular weight is 764 g/mol. The summed E-state index contributed by atoms with van der Waals surface area (Å²) in [5, 5.41) is 1.89. The standard InChI is InChI=1S/C40H37N5O7S2/c1-28(46)30-13-15-33(16-14-30)44-23-25-45(26-24-44)40(47)37(43(2)53(48,49)38-35-9-5-3-7-31(35)19-21-41-38)27-29-11-17-34(18-12-29)52-54(50,51)39-36-10-6-4-8-32(36)20-22-42-39/h3-22,37H,23-27H2,1-2H3/t37-/m0/s1. The molecule has 0 spiro atoms. The molecule has 0 aliphatic carbocycles. The van der Waals surface area contributed by atoms with Crippen LogP contribution < -0.4 is 9.08 Å². The van der Waals surface area contributed by atoms with Gasteiger partial charge < -0.3 is 14.0 Å². The molecule has 1 amide bonds. The van der Waals surface area contributed by atoms with Crippen molar-refractivity contribution in [2.24, 2.45) is 0 Å². The van der Waals surface area contributed by atoms with Crippen LogP contribution in [0.25, 0.3) is 21.5 Å². The van der Waals surface area contributed by atoms with E-state index in [9.17, 15) is 26.4 Å². The van der Waals surface area contributed by atoms with Crippen LogP contribution >= 0.6 is 0 Å². The molecule has 276 valence electrons.